The summed E-state index contributed by atoms with van der Waals surface area (Å²) in [4.78, 5) is 20.1. The van der Waals surface area contributed by atoms with Gasteiger partial charge in [0.05, 0.1) is 11.1 Å². The van der Waals surface area contributed by atoms with Crippen LogP contribution in [-0.2, 0) is 0 Å². The van der Waals surface area contributed by atoms with Gasteiger partial charge in [0, 0.05) is 11.1 Å². The van der Waals surface area contributed by atoms with Gasteiger partial charge in [-0.3, -0.25) is 9.69 Å². The molecule has 0 fully saturated rings. The summed E-state index contributed by atoms with van der Waals surface area (Å²) in [7, 11) is 0. The van der Waals surface area contributed by atoms with Crippen molar-refractivity contribution in [3.05, 3.63) is 102 Å². The zero-order chi connectivity index (χ0) is 19.1. The molecule has 0 aliphatic carbocycles. The van der Waals surface area contributed by atoms with Gasteiger partial charge in [-0.2, -0.15) is 0 Å². The lowest BCUT2D eigenvalue weighted by Crippen LogP contribution is -2.43. The van der Waals surface area contributed by atoms with Crippen molar-refractivity contribution in [3.8, 4) is 0 Å². The lowest BCUT2D eigenvalue weighted by molar-refractivity contribution is 0.0974. The van der Waals surface area contributed by atoms with Crippen LogP contribution in [0.25, 0.3) is 10.9 Å². The quantitative estimate of drug-likeness (QED) is 0.523. The van der Waals surface area contributed by atoms with Crippen LogP contribution in [0, 0.1) is 6.92 Å². The predicted octanol–water partition coefficient (Wildman–Crippen LogP) is 5.31. The summed E-state index contributed by atoms with van der Waals surface area (Å²) >= 11 is 0. The molecule has 0 radical (unpaired) electrons. The third-order valence-electron chi connectivity index (χ3n) is 5.13. The second-order valence-electron chi connectivity index (χ2n) is 7.05. The molecule has 1 aliphatic heterocycles. The number of amides is 1. The molecule has 1 N–H and O–H groups in total. The van der Waals surface area contributed by atoms with Crippen LogP contribution in [-0.4, -0.2) is 10.9 Å². The zero-order valence-electron chi connectivity index (χ0n) is 15.5. The van der Waals surface area contributed by atoms with E-state index in [1.807, 2.05) is 65.6 Å². The molecule has 1 atom stereocenters. The minimum atomic E-state index is -0.323. The van der Waals surface area contributed by atoms with Gasteiger partial charge in [0.25, 0.3) is 5.91 Å². The average Bonchev–Trinajstić information content (AvgIpc) is 2.74. The molecule has 136 valence electrons. The maximum Gasteiger partial charge on any atom is 0.264 e. The molecule has 3 aromatic carbocycles. The molecule has 0 spiro atoms. The Bertz CT molecular complexity index is 1170. The highest BCUT2D eigenvalue weighted by Crippen LogP contribution is 2.36. The fourth-order valence-electron chi connectivity index (χ4n) is 3.67. The highest BCUT2D eigenvalue weighted by molar-refractivity contribution is 6.13. The van der Waals surface area contributed by atoms with Crippen LogP contribution >= 0.6 is 0 Å². The van der Waals surface area contributed by atoms with Crippen LogP contribution < -0.4 is 10.2 Å². The smallest absolute Gasteiger partial charge is 0.264 e. The average molecular weight is 365 g/mol. The van der Waals surface area contributed by atoms with Crippen molar-refractivity contribution in [2.24, 2.45) is 0 Å². The molecular formula is C24H19N3O. The van der Waals surface area contributed by atoms with Gasteiger partial charge in [0.2, 0.25) is 0 Å². The highest BCUT2D eigenvalue weighted by atomic mass is 16.2. The number of aromatic nitrogens is 1. The van der Waals surface area contributed by atoms with Crippen LogP contribution in [0.3, 0.4) is 0 Å². The second kappa shape index (κ2) is 6.50. The molecular weight excluding hydrogens is 346 g/mol. The third-order valence-corrected chi connectivity index (χ3v) is 5.13. The molecule has 1 amide bonds. The molecule has 4 nitrogen and oxygen atoms in total. The van der Waals surface area contributed by atoms with E-state index in [-0.39, 0.29) is 12.1 Å². The Kier molecular flexibility index (Phi) is 3.83. The van der Waals surface area contributed by atoms with Crippen LogP contribution in [0.15, 0.2) is 84.9 Å². The number of carbonyl (C=O) groups excluding carboxylic acids is 1. The molecule has 1 unspecified atom stereocenters. The fourth-order valence-corrected chi connectivity index (χ4v) is 3.67. The molecule has 1 aliphatic rings. The first kappa shape index (κ1) is 16.5. The number of benzene rings is 3. The Morgan fingerprint density at radius 2 is 1.61 bits per heavy atom. The minimum Gasteiger partial charge on any atom is -0.345 e. The van der Waals surface area contributed by atoms with Gasteiger partial charge in [0.1, 0.15) is 12.0 Å². The van der Waals surface area contributed by atoms with Crippen LogP contribution in [0.2, 0.25) is 0 Å². The van der Waals surface area contributed by atoms with E-state index < -0.39 is 0 Å². The van der Waals surface area contributed by atoms with Gasteiger partial charge < -0.3 is 5.32 Å². The summed E-state index contributed by atoms with van der Waals surface area (Å²) in [6.45, 7) is 2.06. The number of carbonyl (C=O) groups is 1. The van der Waals surface area contributed by atoms with Gasteiger partial charge in [0.15, 0.2) is 0 Å². The molecule has 1 aromatic heterocycles. The maximum atomic E-state index is 13.6. The van der Waals surface area contributed by atoms with Crippen molar-refractivity contribution < 1.29 is 4.79 Å². The molecule has 2 heterocycles. The van der Waals surface area contributed by atoms with E-state index >= 15 is 0 Å². The Hall–Kier alpha value is -3.66. The molecule has 4 heteroatoms. The predicted molar refractivity (Wildman–Crippen MR) is 113 cm³/mol. The van der Waals surface area contributed by atoms with Crippen molar-refractivity contribution in [2.75, 3.05) is 10.2 Å². The van der Waals surface area contributed by atoms with Crippen LogP contribution in [0.1, 0.15) is 27.7 Å². The SMILES string of the molecule is Cc1ccc(C2Nc3nc4ccccc4cc3C(=O)N2c2ccccc2)cc1. The first-order valence-electron chi connectivity index (χ1n) is 9.32. The van der Waals surface area contributed by atoms with E-state index in [4.69, 9.17) is 4.98 Å². The van der Waals surface area contributed by atoms with Gasteiger partial charge in [-0.25, -0.2) is 4.98 Å². The molecule has 0 saturated carbocycles. The number of hydrogen-bond donors (Lipinski definition) is 1. The topological polar surface area (TPSA) is 45.2 Å². The summed E-state index contributed by atoms with van der Waals surface area (Å²) in [6.07, 6.45) is -0.323. The summed E-state index contributed by atoms with van der Waals surface area (Å²) < 4.78 is 0. The van der Waals surface area contributed by atoms with Crippen LogP contribution in [0.5, 0.6) is 0 Å². The number of anilines is 2. The number of pyridine rings is 1. The lowest BCUT2D eigenvalue weighted by atomic mass is 10.0. The third kappa shape index (κ3) is 2.70. The number of para-hydroxylation sites is 2. The molecule has 5 rings (SSSR count). The van der Waals surface area contributed by atoms with E-state index in [1.165, 1.54) is 5.56 Å². The number of nitrogens with one attached hydrogen (secondary N) is 1. The van der Waals surface area contributed by atoms with Crippen molar-refractivity contribution in [1.29, 1.82) is 0 Å². The summed E-state index contributed by atoms with van der Waals surface area (Å²) in [6, 6.07) is 27.8. The lowest BCUT2D eigenvalue weighted by Gasteiger charge is -2.37. The fraction of sp³-hybridized carbons (Fsp3) is 0.0833. The number of rotatable bonds is 2. The largest absolute Gasteiger partial charge is 0.345 e. The Morgan fingerprint density at radius 3 is 2.39 bits per heavy atom. The standard InChI is InChI=1S/C24H19N3O/c1-16-11-13-17(14-12-16)23-26-22-20(15-18-7-5-6-10-21(18)25-22)24(28)27(23)19-8-3-2-4-9-19/h2-15,23H,1H3,(H,25,26). The van der Waals surface area contributed by atoms with Crippen LogP contribution in [0.4, 0.5) is 11.5 Å². The highest BCUT2D eigenvalue weighted by Gasteiger charge is 2.35. The summed E-state index contributed by atoms with van der Waals surface area (Å²) in [5.41, 5.74) is 4.51. The van der Waals surface area contributed by atoms with E-state index in [9.17, 15) is 4.79 Å². The maximum absolute atomic E-state index is 13.6. The molecule has 4 aromatic rings. The van der Waals surface area contributed by atoms with Gasteiger partial charge in [-0.15, -0.1) is 0 Å². The first-order valence-corrected chi connectivity index (χ1v) is 9.32. The van der Waals surface area contributed by atoms with E-state index in [2.05, 4.69) is 36.5 Å². The van der Waals surface area contributed by atoms with Crippen molar-refractivity contribution in [3.63, 3.8) is 0 Å². The number of fused-ring (bicyclic) bond motifs is 2. The number of hydrogen-bond acceptors (Lipinski definition) is 3. The number of nitrogens with zero attached hydrogens (tertiary/aromatic N) is 2. The van der Waals surface area contributed by atoms with Crippen molar-refractivity contribution >= 4 is 28.3 Å². The summed E-state index contributed by atoms with van der Waals surface area (Å²) in [5.74, 6) is 0.574. The van der Waals surface area contributed by atoms with E-state index in [0.717, 1.165) is 22.2 Å². The normalized spacial score (nSPS) is 16.0. The summed E-state index contributed by atoms with van der Waals surface area (Å²) in [5, 5.41) is 4.45. The van der Waals surface area contributed by atoms with E-state index in [0.29, 0.717) is 11.4 Å². The van der Waals surface area contributed by atoms with E-state index in [1.54, 1.807) is 0 Å². The molecule has 28 heavy (non-hydrogen) atoms. The van der Waals surface area contributed by atoms with Gasteiger partial charge >= 0.3 is 0 Å². The van der Waals surface area contributed by atoms with Gasteiger partial charge in [-0.05, 0) is 36.8 Å². The van der Waals surface area contributed by atoms with Crippen molar-refractivity contribution in [1.82, 2.24) is 4.98 Å². The van der Waals surface area contributed by atoms with Crippen molar-refractivity contribution in [2.45, 2.75) is 13.1 Å². The monoisotopic (exact) mass is 365 g/mol. The Morgan fingerprint density at radius 1 is 0.893 bits per heavy atom. The van der Waals surface area contributed by atoms with Gasteiger partial charge in [-0.1, -0.05) is 66.2 Å². The minimum absolute atomic E-state index is 0.0521. The molecule has 0 bridgehead atoms. The second-order valence-corrected chi connectivity index (χ2v) is 7.05. The molecule has 0 saturated heterocycles. The number of aryl methyl sites for hydroxylation is 1. The Balaban J connectivity index is 1.70. The Labute approximate surface area is 163 Å². The zero-order valence-corrected chi connectivity index (χ0v) is 15.5. The first-order chi connectivity index (χ1) is 13.7.